The van der Waals surface area contributed by atoms with Crippen LogP contribution in [-0.4, -0.2) is 77.3 Å². The molecule has 8 heteroatoms. The van der Waals surface area contributed by atoms with Crippen molar-refractivity contribution >= 4 is 23.4 Å². The van der Waals surface area contributed by atoms with Gasteiger partial charge in [-0.1, -0.05) is 41.9 Å². The van der Waals surface area contributed by atoms with Crippen molar-refractivity contribution in [3.05, 3.63) is 64.7 Å². The molecule has 194 valence electrons. The third-order valence-corrected chi connectivity index (χ3v) is 7.81. The molecule has 2 aromatic carbocycles. The minimum Gasteiger partial charge on any atom is -0.483 e. The number of nitrogens with zero attached hydrogens (tertiary/aromatic N) is 2. The number of halogens is 1. The number of carbonyl (C=O) groups excluding carboxylic acids is 2. The van der Waals surface area contributed by atoms with Gasteiger partial charge in [-0.2, -0.15) is 0 Å². The van der Waals surface area contributed by atoms with Gasteiger partial charge in [0, 0.05) is 44.5 Å². The van der Waals surface area contributed by atoms with Crippen LogP contribution in [0.2, 0.25) is 5.02 Å². The zero-order valence-electron chi connectivity index (χ0n) is 20.7. The zero-order valence-corrected chi connectivity index (χ0v) is 21.5. The second-order valence-electron chi connectivity index (χ2n) is 10.2. The second-order valence-corrected chi connectivity index (χ2v) is 10.6. The summed E-state index contributed by atoms with van der Waals surface area (Å²) in [5.74, 6) is 0.510. The minimum absolute atomic E-state index is 0.0858. The van der Waals surface area contributed by atoms with Gasteiger partial charge in [-0.15, -0.1) is 0 Å². The third-order valence-electron chi connectivity index (χ3n) is 7.56. The summed E-state index contributed by atoms with van der Waals surface area (Å²) >= 11 is 5.95. The molecule has 0 unspecified atom stereocenters. The fourth-order valence-corrected chi connectivity index (χ4v) is 5.44. The molecule has 1 fully saturated rings. The monoisotopic (exact) mass is 514 g/mol. The number of aliphatic hydroxyl groups is 2. The first-order chi connectivity index (χ1) is 17.2. The molecule has 1 spiro atoms. The molecule has 2 aromatic rings. The Kier molecular flexibility index (Phi) is 8.54. The summed E-state index contributed by atoms with van der Waals surface area (Å²) < 4.78 is 5.78. The lowest BCUT2D eigenvalue weighted by Gasteiger charge is -2.45. The van der Waals surface area contributed by atoms with Gasteiger partial charge in [0.1, 0.15) is 5.75 Å². The van der Waals surface area contributed by atoms with E-state index in [1.807, 2.05) is 47.4 Å². The van der Waals surface area contributed by atoms with Gasteiger partial charge in [0.25, 0.3) is 5.91 Å². The number of aryl methyl sites for hydroxylation is 1. The van der Waals surface area contributed by atoms with Crippen LogP contribution in [0.4, 0.5) is 0 Å². The number of ether oxygens (including phenoxy) is 1. The Hall–Kier alpha value is -2.61. The number of piperidine rings is 1. The van der Waals surface area contributed by atoms with Crippen LogP contribution >= 0.6 is 11.6 Å². The lowest BCUT2D eigenvalue weighted by molar-refractivity contribution is -0.139. The fourth-order valence-electron chi connectivity index (χ4n) is 5.31. The van der Waals surface area contributed by atoms with Crippen LogP contribution in [0.15, 0.2) is 48.5 Å². The molecule has 0 aromatic heterocycles. The number of likely N-dealkylation sites (tertiary alicyclic amines) is 1. The lowest BCUT2D eigenvalue weighted by Crippen LogP contribution is -2.51. The van der Waals surface area contributed by atoms with Gasteiger partial charge in [0.05, 0.1) is 12.2 Å². The van der Waals surface area contributed by atoms with Crippen LogP contribution in [0.25, 0.3) is 0 Å². The summed E-state index contributed by atoms with van der Waals surface area (Å²) in [6.45, 7) is 1.47. The Balaban J connectivity index is 1.42. The van der Waals surface area contributed by atoms with E-state index in [-0.39, 0.29) is 24.8 Å². The number of benzene rings is 2. The number of carbonyl (C=O) groups is 2. The van der Waals surface area contributed by atoms with E-state index in [1.165, 1.54) is 0 Å². The van der Waals surface area contributed by atoms with E-state index in [1.54, 1.807) is 18.0 Å². The molecule has 7 nitrogen and oxygen atoms in total. The standard InChI is InChI=1S/C28H35ClN2O5/c1-30-19-28(12-14-31(15-13-28)26(34)11-8-20-6-9-22(29)10-7-20)17-24(33)23(32)16-21-4-2-3-5-25(21)36-18-27(30)35/h2-7,9-10,23-24,32-33H,8,11-19H2,1H3/t23-,24+/m0/s1. The summed E-state index contributed by atoms with van der Waals surface area (Å²) in [5, 5.41) is 22.5. The Morgan fingerprint density at radius 3 is 2.50 bits per heavy atom. The molecule has 0 saturated carbocycles. The van der Waals surface area contributed by atoms with Crippen molar-refractivity contribution in [1.29, 1.82) is 0 Å². The highest BCUT2D eigenvalue weighted by Gasteiger charge is 2.40. The number of likely N-dealkylation sites (N-methyl/N-ethyl adjacent to an activating group) is 1. The first kappa shape index (κ1) is 26.5. The highest BCUT2D eigenvalue weighted by atomic mass is 35.5. The fraction of sp³-hybridized carbons (Fsp3) is 0.500. The minimum atomic E-state index is -0.953. The smallest absolute Gasteiger partial charge is 0.260 e. The van der Waals surface area contributed by atoms with Gasteiger partial charge in [-0.25, -0.2) is 0 Å². The van der Waals surface area contributed by atoms with Crippen molar-refractivity contribution in [3.8, 4) is 5.75 Å². The molecule has 1 saturated heterocycles. The maximum Gasteiger partial charge on any atom is 0.260 e. The molecule has 0 aliphatic carbocycles. The van der Waals surface area contributed by atoms with Gasteiger partial charge in [-0.05, 0) is 60.4 Å². The summed E-state index contributed by atoms with van der Waals surface area (Å²) in [5.41, 5.74) is 1.44. The van der Waals surface area contributed by atoms with E-state index in [0.29, 0.717) is 62.5 Å². The normalized spacial score (nSPS) is 22.8. The number of fused-ring (bicyclic) bond motifs is 1. The average molecular weight is 515 g/mol. The van der Waals surface area contributed by atoms with Crippen molar-refractivity contribution in [1.82, 2.24) is 9.80 Å². The van der Waals surface area contributed by atoms with Gasteiger partial charge < -0.3 is 24.7 Å². The van der Waals surface area contributed by atoms with Crippen molar-refractivity contribution in [2.75, 3.05) is 33.3 Å². The highest BCUT2D eigenvalue weighted by molar-refractivity contribution is 6.30. The molecule has 4 rings (SSSR count). The van der Waals surface area contributed by atoms with Gasteiger partial charge >= 0.3 is 0 Å². The Morgan fingerprint density at radius 1 is 1.08 bits per heavy atom. The Labute approximate surface area is 217 Å². The summed E-state index contributed by atoms with van der Waals surface area (Å²) in [4.78, 5) is 29.3. The molecular formula is C28H35ClN2O5. The van der Waals surface area contributed by atoms with Crippen molar-refractivity contribution in [2.45, 2.75) is 50.7 Å². The van der Waals surface area contributed by atoms with Crippen LogP contribution in [0.3, 0.4) is 0 Å². The number of hydrogen-bond donors (Lipinski definition) is 2. The van der Waals surface area contributed by atoms with E-state index in [0.717, 1.165) is 11.1 Å². The quantitative estimate of drug-likeness (QED) is 0.657. The molecule has 36 heavy (non-hydrogen) atoms. The van der Waals surface area contributed by atoms with Crippen LogP contribution in [0.5, 0.6) is 5.75 Å². The second kappa shape index (κ2) is 11.6. The van der Waals surface area contributed by atoms with E-state index >= 15 is 0 Å². The van der Waals surface area contributed by atoms with Crippen molar-refractivity contribution in [2.24, 2.45) is 5.41 Å². The van der Waals surface area contributed by atoms with Crippen molar-refractivity contribution < 1.29 is 24.5 Å². The molecule has 2 heterocycles. The maximum absolute atomic E-state index is 12.9. The molecule has 2 aliphatic heterocycles. The van der Waals surface area contributed by atoms with E-state index in [9.17, 15) is 19.8 Å². The SMILES string of the molecule is CN1CC2(CCN(C(=O)CCc3ccc(Cl)cc3)CC2)C[C@@H](O)[C@@H](O)Cc2ccccc2OCC1=O. The zero-order chi connectivity index (χ0) is 25.7. The molecule has 2 amide bonds. The number of amides is 2. The van der Waals surface area contributed by atoms with Gasteiger partial charge in [0.15, 0.2) is 6.61 Å². The lowest BCUT2D eigenvalue weighted by atomic mass is 9.72. The van der Waals surface area contributed by atoms with Crippen molar-refractivity contribution in [3.63, 3.8) is 0 Å². The summed E-state index contributed by atoms with van der Waals surface area (Å²) in [7, 11) is 1.75. The van der Waals surface area contributed by atoms with Gasteiger partial charge in [-0.3, -0.25) is 9.59 Å². The third kappa shape index (κ3) is 6.58. The first-order valence-corrected chi connectivity index (χ1v) is 13.0. The first-order valence-electron chi connectivity index (χ1n) is 12.6. The van der Waals surface area contributed by atoms with E-state index in [4.69, 9.17) is 16.3 Å². The Bertz CT molecular complexity index is 1050. The summed E-state index contributed by atoms with van der Waals surface area (Å²) in [6.07, 6.45) is 1.08. The van der Waals surface area contributed by atoms with Crippen LogP contribution in [-0.2, 0) is 22.4 Å². The van der Waals surface area contributed by atoms with E-state index < -0.39 is 17.6 Å². The Morgan fingerprint density at radius 2 is 1.78 bits per heavy atom. The largest absolute Gasteiger partial charge is 0.483 e. The number of aliphatic hydroxyl groups excluding tert-OH is 2. The molecule has 0 radical (unpaired) electrons. The van der Waals surface area contributed by atoms with Crippen LogP contribution in [0.1, 0.15) is 36.8 Å². The molecule has 0 bridgehead atoms. The summed E-state index contributed by atoms with van der Waals surface area (Å²) in [6, 6.07) is 14.8. The van der Waals surface area contributed by atoms with Crippen LogP contribution < -0.4 is 4.74 Å². The van der Waals surface area contributed by atoms with E-state index in [2.05, 4.69) is 0 Å². The molecule has 2 atom stereocenters. The van der Waals surface area contributed by atoms with Gasteiger partial charge in [0.2, 0.25) is 5.91 Å². The average Bonchev–Trinajstić information content (AvgIpc) is 2.87. The molecule has 2 aliphatic rings. The van der Waals surface area contributed by atoms with Crippen LogP contribution in [0, 0.1) is 5.41 Å². The number of rotatable bonds is 3. The molecule has 2 N–H and O–H groups in total. The molecular weight excluding hydrogens is 480 g/mol. The maximum atomic E-state index is 12.9. The predicted molar refractivity (Wildman–Crippen MR) is 138 cm³/mol. The predicted octanol–water partition coefficient (Wildman–Crippen LogP) is 3.09. The number of para-hydroxylation sites is 1. The number of hydrogen-bond acceptors (Lipinski definition) is 5. The highest BCUT2D eigenvalue weighted by Crippen LogP contribution is 2.38. The topological polar surface area (TPSA) is 90.3 Å².